The first-order valence-electron chi connectivity index (χ1n) is 3.29. The lowest BCUT2D eigenvalue weighted by Gasteiger charge is -2.12. The van der Waals surface area contributed by atoms with Crippen LogP contribution in [0.2, 0.25) is 0 Å². The van der Waals surface area contributed by atoms with Crippen LogP contribution >= 0.6 is 15.9 Å². The van der Waals surface area contributed by atoms with Crippen LogP contribution in [0.5, 0.6) is 0 Å². The maximum atomic E-state index is 10.4. The molecule has 0 saturated heterocycles. The Kier molecular flexibility index (Phi) is 2.75. The predicted octanol–water partition coefficient (Wildman–Crippen LogP) is 1.30. The van der Waals surface area contributed by atoms with Crippen molar-refractivity contribution >= 4 is 22.2 Å². The van der Waals surface area contributed by atoms with Gasteiger partial charge in [0.25, 0.3) is 0 Å². The van der Waals surface area contributed by atoms with Gasteiger partial charge in [-0.1, -0.05) is 28.1 Å². The molecule has 1 aliphatic carbocycles. The molecule has 0 spiro atoms. The predicted molar refractivity (Wildman–Crippen MR) is 46.5 cm³/mol. The topological polar surface area (TPSA) is 60.2 Å². The summed E-state index contributed by atoms with van der Waals surface area (Å²) in [5, 5.41) is 10.4. The number of nitrogens with zero attached hydrogens (tertiary/aromatic N) is 1. The zero-order valence-corrected chi connectivity index (χ0v) is 7.60. The van der Waals surface area contributed by atoms with Gasteiger partial charge >= 0.3 is 0 Å². The molecule has 2 atom stereocenters. The molecule has 0 fully saturated rings. The second-order valence-corrected chi connectivity index (χ2v) is 3.32. The summed E-state index contributed by atoms with van der Waals surface area (Å²) in [6.07, 6.45) is 5.16. The van der Waals surface area contributed by atoms with Crippen LogP contribution in [-0.4, -0.2) is 17.3 Å². The van der Waals surface area contributed by atoms with Crippen LogP contribution in [0.3, 0.4) is 0 Å². The van der Waals surface area contributed by atoms with E-state index in [1.54, 1.807) is 6.08 Å². The summed E-state index contributed by atoms with van der Waals surface area (Å²) >= 11 is 3.11. The van der Waals surface area contributed by atoms with E-state index in [9.17, 15) is 14.9 Å². The molecule has 12 heavy (non-hydrogen) atoms. The zero-order valence-electron chi connectivity index (χ0n) is 6.01. The number of carbonyl (C=O) groups excluding carboxylic acids is 1. The second kappa shape index (κ2) is 3.62. The quantitative estimate of drug-likeness (QED) is 0.409. The van der Waals surface area contributed by atoms with Crippen molar-refractivity contribution in [2.24, 2.45) is 5.92 Å². The van der Waals surface area contributed by atoms with Crippen molar-refractivity contribution in [2.75, 3.05) is 0 Å². The molecule has 64 valence electrons. The van der Waals surface area contributed by atoms with Crippen molar-refractivity contribution in [2.45, 2.75) is 6.04 Å². The molecule has 1 aliphatic rings. The highest BCUT2D eigenvalue weighted by Gasteiger charge is 2.29. The molecule has 0 aliphatic heterocycles. The summed E-state index contributed by atoms with van der Waals surface area (Å²) < 4.78 is 0.641. The van der Waals surface area contributed by atoms with Gasteiger partial charge in [-0.2, -0.15) is 0 Å². The Balaban J connectivity index is 2.88. The molecule has 5 heteroatoms. The average Bonchev–Trinajstić information content (AvgIpc) is 2.04. The summed E-state index contributed by atoms with van der Waals surface area (Å²) in [4.78, 5) is 20.3. The van der Waals surface area contributed by atoms with Gasteiger partial charge < -0.3 is 4.79 Å². The zero-order chi connectivity index (χ0) is 9.14. The highest BCUT2D eigenvalue weighted by molar-refractivity contribution is 9.11. The highest BCUT2D eigenvalue weighted by atomic mass is 79.9. The molecule has 0 aromatic carbocycles. The summed E-state index contributed by atoms with van der Waals surface area (Å²) in [5.74, 6) is -0.638. The third-order valence-electron chi connectivity index (χ3n) is 1.60. The van der Waals surface area contributed by atoms with Gasteiger partial charge in [0.1, 0.15) is 12.2 Å². The first-order chi connectivity index (χ1) is 5.65. The van der Waals surface area contributed by atoms with Crippen molar-refractivity contribution in [3.05, 3.63) is 32.8 Å². The summed E-state index contributed by atoms with van der Waals surface area (Å²) in [7, 11) is 0. The molecule has 0 amide bonds. The molecule has 2 unspecified atom stereocenters. The van der Waals surface area contributed by atoms with Gasteiger partial charge in [0, 0.05) is 15.5 Å². The number of rotatable bonds is 2. The van der Waals surface area contributed by atoms with Crippen LogP contribution in [0.25, 0.3) is 0 Å². The van der Waals surface area contributed by atoms with Crippen LogP contribution < -0.4 is 0 Å². The van der Waals surface area contributed by atoms with Crippen molar-refractivity contribution in [3.8, 4) is 0 Å². The highest BCUT2D eigenvalue weighted by Crippen LogP contribution is 2.21. The van der Waals surface area contributed by atoms with E-state index in [0.29, 0.717) is 10.8 Å². The smallest absolute Gasteiger partial charge is 0.245 e. The molecule has 0 bridgehead atoms. The maximum absolute atomic E-state index is 10.4. The van der Waals surface area contributed by atoms with Gasteiger partial charge in [-0.3, -0.25) is 10.1 Å². The van der Waals surface area contributed by atoms with Gasteiger partial charge in [-0.05, 0) is 0 Å². The number of hydrogen-bond acceptors (Lipinski definition) is 3. The molecule has 0 saturated carbocycles. The minimum atomic E-state index is -0.929. The average molecular weight is 232 g/mol. The molecule has 4 nitrogen and oxygen atoms in total. The van der Waals surface area contributed by atoms with E-state index in [-0.39, 0.29) is 0 Å². The third kappa shape index (κ3) is 1.79. The number of aldehydes is 1. The van der Waals surface area contributed by atoms with Crippen molar-refractivity contribution < 1.29 is 9.72 Å². The molecule has 0 aromatic rings. The number of halogens is 1. The van der Waals surface area contributed by atoms with Crippen LogP contribution in [-0.2, 0) is 4.79 Å². The molecule has 0 N–H and O–H groups in total. The Morgan fingerprint density at radius 3 is 2.83 bits per heavy atom. The minimum Gasteiger partial charge on any atom is -0.302 e. The number of hydrogen-bond donors (Lipinski definition) is 0. The number of carbonyl (C=O) groups is 1. The maximum Gasteiger partial charge on any atom is 0.245 e. The Morgan fingerprint density at radius 1 is 1.67 bits per heavy atom. The van der Waals surface area contributed by atoms with Crippen molar-refractivity contribution in [1.82, 2.24) is 0 Å². The van der Waals surface area contributed by atoms with Gasteiger partial charge in [-0.25, -0.2) is 0 Å². The molecule has 1 rings (SSSR count). The fourth-order valence-corrected chi connectivity index (χ4v) is 1.40. The fraction of sp³-hybridized carbons (Fsp3) is 0.286. The Hall–Kier alpha value is -0.970. The van der Waals surface area contributed by atoms with Crippen LogP contribution in [0.1, 0.15) is 0 Å². The fourth-order valence-electron chi connectivity index (χ4n) is 0.974. The molecular weight excluding hydrogens is 226 g/mol. The lowest BCUT2D eigenvalue weighted by Crippen LogP contribution is -2.28. The first kappa shape index (κ1) is 9.12. The lowest BCUT2D eigenvalue weighted by molar-refractivity contribution is -0.513. The standard InChI is InChI=1S/C7H6BrNO3/c8-6-2-1-5(4-10)7(3-6)9(11)12/h1-5,7H. The Labute approximate surface area is 77.2 Å². The summed E-state index contributed by atoms with van der Waals surface area (Å²) in [6.45, 7) is 0. The summed E-state index contributed by atoms with van der Waals surface area (Å²) in [6, 6.07) is -0.929. The van der Waals surface area contributed by atoms with Crippen LogP contribution in [0, 0.1) is 16.0 Å². The molecule has 0 heterocycles. The SMILES string of the molecule is O=CC1C=CC(Br)=CC1[N+](=O)[O-]. The van der Waals surface area contributed by atoms with Crippen LogP contribution in [0.4, 0.5) is 0 Å². The Morgan fingerprint density at radius 2 is 2.33 bits per heavy atom. The van der Waals surface area contributed by atoms with E-state index in [4.69, 9.17) is 0 Å². The van der Waals surface area contributed by atoms with E-state index in [2.05, 4.69) is 15.9 Å². The van der Waals surface area contributed by atoms with Crippen molar-refractivity contribution in [3.63, 3.8) is 0 Å². The van der Waals surface area contributed by atoms with Crippen LogP contribution in [0.15, 0.2) is 22.7 Å². The van der Waals surface area contributed by atoms with E-state index >= 15 is 0 Å². The lowest BCUT2D eigenvalue weighted by atomic mass is 9.97. The van der Waals surface area contributed by atoms with Gasteiger partial charge in [0.05, 0.1) is 0 Å². The van der Waals surface area contributed by atoms with E-state index in [0.717, 1.165) is 0 Å². The molecule has 0 aromatic heterocycles. The third-order valence-corrected chi connectivity index (χ3v) is 2.13. The molecular formula is C7H6BrNO3. The van der Waals surface area contributed by atoms with Gasteiger partial charge in [-0.15, -0.1) is 0 Å². The van der Waals surface area contributed by atoms with Gasteiger partial charge in [0.2, 0.25) is 6.04 Å². The number of allylic oxidation sites excluding steroid dienone is 2. The second-order valence-electron chi connectivity index (χ2n) is 2.40. The van der Waals surface area contributed by atoms with Crippen molar-refractivity contribution in [1.29, 1.82) is 0 Å². The van der Waals surface area contributed by atoms with Gasteiger partial charge in [0.15, 0.2) is 0 Å². The largest absolute Gasteiger partial charge is 0.302 e. The Bertz CT molecular complexity index is 272. The van der Waals surface area contributed by atoms with E-state index in [1.807, 2.05) is 0 Å². The first-order valence-corrected chi connectivity index (χ1v) is 4.09. The van der Waals surface area contributed by atoms with E-state index < -0.39 is 16.9 Å². The molecule has 0 radical (unpaired) electrons. The minimum absolute atomic E-state index is 0.468. The summed E-state index contributed by atoms with van der Waals surface area (Å²) in [5.41, 5.74) is 0. The monoisotopic (exact) mass is 231 g/mol. The number of nitro groups is 1. The van der Waals surface area contributed by atoms with E-state index in [1.165, 1.54) is 12.2 Å². The normalized spacial score (nSPS) is 27.9.